The third kappa shape index (κ3) is 3.06. The highest BCUT2D eigenvalue weighted by Crippen LogP contribution is 2.34. The number of ether oxygens (including phenoxy) is 1. The quantitative estimate of drug-likeness (QED) is 0.733. The van der Waals surface area contributed by atoms with Crippen LogP contribution in [0.1, 0.15) is 12.5 Å². The summed E-state index contributed by atoms with van der Waals surface area (Å²) in [7, 11) is 1.54. The SMILES string of the molecule is C#CC(C)Cc1cc(Cl)c(OC)c(Cl)c1. The molecule has 0 aliphatic carbocycles. The van der Waals surface area contributed by atoms with Gasteiger partial charge in [-0.2, -0.15) is 0 Å². The van der Waals surface area contributed by atoms with E-state index in [-0.39, 0.29) is 5.92 Å². The van der Waals surface area contributed by atoms with Crippen LogP contribution in [-0.4, -0.2) is 7.11 Å². The van der Waals surface area contributed by atoms with E-state index in [9.17, 15) is 0 Å². The van der Waals surface area contributed by atoms with Crippen molar-refractivity contribution in [2.75, 3.05) is 7.11 Å². The number of benzene rings is 1. The lowest BCUT2D eigenvalue weighted by Gasteiger charge is -2.09. The Morgan fingerprint density at radius 2 is 1.93 bits per heavy atom. The molecule has 1 nitrogen and oxygen atoms in total. The van der Waals surface area contributed by atoms with E-state index in [1.807, 2.05) is 19.1 Å². The summed E-state index contributed by atoms with van der Waals surface area (Å²) in [6.45, 7) is 1.98. The highest BCUT2D eigenvalue weighted by molar-refractivity contribution is 6.37. The van der Waals surface area contributed by atoms with Crippen LogP contribution in [-0.2, 0) is 6.42 Å². The van der Waals surface area contributed by atoms with Crippen molar-refractivity contribution < 1.29 is 4.74 Å². The smallest absolute Gasteiger partial charge is 0.156 e. The van der Waals surface area contributed by atoms with E-state index in [1.165, 1.54) is 7.11 Å². The first-order chi connectivity index (χ1) is 7.08. The maximum absolute atomic E-state index is 6.00. The second kappa shape index (κ2) is 5.30. The van der Waals surface area contributed by atoms with E-state index in [0.29, 0.717) is 15.8 Å². The number of hydrogen-bond acceptors (Lipinski definition) is 1. The number of halogens is 2. The van der Waals surface area contributed by atoms with Crippen molar-refractivity contribution in [1.29, 1.82) is 0 Å². The summed E-state index contributed by atoms with van der Waals surface area (Å²) in [4.78, 5) is 0. The van der Waals surface area contributed by atoms with Crippen LogP contribution in [0.15, 0.2) is 12.1 Å². The fourth-order valence-corrected chi connectivity index (χ4v) is 2.02. The Kier molecular flexibility index (Phi) is 4.32. The van der Waals surface area contributed by atoms with Crippen LogP contribution in [0.3, 0.4) is 0 Å². The molecule has 1 aromatic rings. The Labute approximate surface area is 100 Å². The van der Waals surface area contributed by atoms with Gasteiger partial charge in [0.2, 0.25) is 0 Å². The summed E-state index contributed by atoms with van der Waals surface area (Å²) in [6.07, 6.45) is 6.08. The van der Waals surface area contributed by atoms with Gasteiger partial charge in [-0.05, 0) is 24.1 Å². The maximum Gasteiger partial charge on any atom is 0.156 e. The Balaban J connectivity index is 2.99. The molecule has 0 saturated heterocycles. The largest absolute Gasteiger partial charge is 0.494 e. The Morgan fingerprint density at radius 3 is 2.33 bits per heavy atom. The van der Waals surface area contributed by atoms with Crippen LogP contribution in [0.2, 0.25) is 10.0 Å². The molecule has 1 unspecified atom stereocenters. The Morgan fingerprint density at radius 1 is 1.40 bits per heavy atom. The zero-order chi connectivity index (χ0) is 11.4. The molecule has 1 aromatic carbocycles. The maximum atomic E-state index is 6.00. The molecular formula is C12H12Cl2O. The molecule has 0 N–H and O–H groups in total. The van der Waals surface area contributed by atoms with Gasteiger partial charge in [0.25, 0.3) is 0 Å². The normalized spacial score (nSPS) is 11.9. The fourth-order valence-electron chi connectivity index (χ4n) is 1.34. The summed E-state index contributed by atoms with van der Waals surface area (Å²) in [5, 5.41) is 1.04. The van der Waals surface area contributed by atoms with Gasteiger partial charge in [-0.15, -0.1) is 12.3 Å². The summed E-state index contributed by atoms with van der Waals surface area (Å²) in [6, 6.07) is 3.67. The highest BCUT2D eigenvalue weighted by Gasteiger charge is 2.09. The molecule has 0 fully saturated rings. The van der Waals surface area contributed by atoms with Gasteiger partial charge in [0, 0.05) is 5.92 Å². The summed E-state index contributed by atoms with van der Waals surface area (Å²) in [5.74, 6) is 3.34. The zero-order valence-electron chi connectivity index (χ0n) is 8.68. The van der Waals surface area contributed by atoms with Gasteiger partial charge in [0.1, 0.15) is 0 Å². The third-order valence-electron chi connectivity index (χ3n) is 2.09. The molecule has 0 aliphatic heterocycles. The molecule has 3 heteroatoms. The van der Waals surface area contributed by atoms with Gasteiger partial charge in [0.15, 0.2) is 5.75 Å². The van der Waals surface area contributed by atoms with Crippen LogP contribution < -0.4 is 4.74 Å². The summed E-state index contributed by atoms with van der Waals surface area (Å²) in [5.41, 5.74) is 1.02. The highest BCUT2D eigenvalue weighted by atomic mass is 35.5. The van der Waals surface area contributed by atoms with Crippen LogP contribution in [0.5, 0.6) is 5.75 Å². The minimum Gasteiger partial charge on any atom is -0.494 e. The van der Waals surface area contributed by atoms with Gasteiger partial charge in [-0.1, -0.05) is 30.1 Å². The fraction of sp³-hybridized carbons (Fsp3) is 0.333. The molecule has 80 valence electrons. The standard InChI is InChI=1S/C12H12Cl2O/c1-4-8(2)5-9-6-10(13)12(15-3)11(14)7-9/h1,6-8H,5H2,2-3H3. The van der Waals surface area contributed by atoms with E-state index in [4.69, 9.17) is 34.4 Å². The average Bonchev–Trinajstić information content (AvgIpc) is 2.17. The number of rotatable bonds is 3. The van der Waals surface area contributed by atoms with Crippen molar-refractivity contribution in [2.45, 2.75) is 13.3 Å². The molecule has 0 amide bonds. The Bertz CT molecular complexity index is 370. The predicted molar refractivity (Wildman–Crippen MR) is 64.7 cm³/mol. The average molecular weight is 243 g/mol. The number of methoxy groups -OCH3 is 1. The summed E-state index contributed by atoms with van der Waals surface area (Å²) < 4.78 is 5.06. The van der Waals surface area contributed by atoms with E-state index in [2.05, 4.69) is 5.92 Å². The van der Waals surface area contributed by atoms with Crippen molar-refractivity contribution >= 4 is 23.2 Å². The zero-order valence-corrected chi connectivity index (χ0v) is 10.2. The van der Waals surface area contributed by atoms with E-state index in [1.54, 1.807) is 0 Å². The van der Waals surface area contributed by atoms with E-state index >= 15 is 0 Å². The lowest BCUT2D eigenvalue weighted by molar-refractivity contribution is 0.415. The van der Waals surface area contributed by atoms with Gasteiger partial charge in [-0.3, -0.25) is 0 Å². The molecule has 0 saturated carbocycles. The predicted octanol–water partition coefficient (Wildman–Crippen LogP) is 3.81. The third-order valence-corrected chi connectivity index (χ3v) is 2.65. The molecule has 0 aliphatic rings. The monoisotopic (exact) mass is 242 g/mol. The van der Waals surface area contributed by atoms with Crippen LogP contribution in [0.25, 0.3) is 0 Å². The van der Waals surface area contributed by atoms with E-state index < -0.39 is 0 Å². The lowest BCUT2D eigenvalue weighted by atomic mass is 10.0. The van der Waals surface area contributed by atoms with Crippen molar-refractivity contribution in [3.8, 4) is 18.1 Å². The minimum atomic E-state index is 0.172. The minimum absolute atomic E-state index is 0.172. The van der Waals surface area contributed by atoms with Crippen molar-refractivity contribution in [1.82, 2.24) is 0 Å². The molecular weight excluding hydrogens is 231 g/mol. The molecule has 0 radical (unpaired) electrons. The lowest BCUT2D eigenvalue weighted by Crippen LogP contribution is -1.97. The molecule has 1 atom stereocenters. The Hall–Kier alpha value is -0.840. The van der Waals surface area contributed by atoms with Crippen molar-refractivity contribution in [2.24, 2.45) is 5.92 Å². The van der Waals surface area contributed by atoms with Crippen LogP contribution >= 0.6 is 23.2 Å². The molecule has 0 heterocycles. The second-order valence-electron chi connectivity index (χ2n) is 3.36. The first-order valence-electron chi connectivity index (χ1n) is 4.56. The van der Waals surface area contributed by atoms with Gasteiger partial charge < -0.3 is 4.74 Å². The second-order valence-corrected chi connectivity index (χ2v) is 4.18. The summed E-state index contributed by atoms with van der Waals surface area (Å²) >= 11 is 12.0. The number of terminal acetylenes is 1. The number of hydrogen-bond donors (Lipinski definition) is 0. The van der Waals surface area contributed by atoms with Crippen molar-refractivity contribution in [3.63, 3.8) is 0 Å². The van der Waals surface area contributed by atoms with Crippen LogP contribution in [0, 0.1) is 18.3 Å². The van der Waals surface area contributed by atoms with Gasteiger partial charge >= 0.3 is 0 Å². The van der Waals surface area contributed by atoms with Crippen molar-refractivity contribution in [3.05, 3.63) is 27.7 Å². The molecule has 15 heavy (non-hydrogen) atoms. The molecule has 0 spiro atoms. The topological polar surface area (TPSA) is 9.23 Å². The van der Waals surface area contributed by atoms with E-state index in [0.717, 1.165) is 12.0 Å². The first kappa shape index (κ1) is 12.2. The molecule has 0 aromatic heterocycles. The van der Waals surface area contributed by atoms with Crippen LogP contribution in [0.4, 0.5) is 0 Å². The molecule has 0 bridgehead atoms. The van der Waals surface area contributed by atoms with Gasteiger partial charge in [-0.25, -0.2) is 0 Å². The van der Waals surface area contributed by atoms with Gasteiger partial charge in [0.05, 0.1) is 17.2 Å². The molecule has 1 rings (SSSR count). The first-order valence-corrected chi connectivity index (χ1v) is 5.32.